The number of hydrogen-bond acceptors (Lipinski definition) is 3. The highest BCUT2D eigenvalue weighted by Gasteiger charge is 2.28. The summed E-state index contributed by atoms with van der Waals surface area (Å²) in [5.74, 6) is 0.449. The molecule has 0 aromatic heterocycles. The summed E-state index contributed by atoms with van der Waals surface area (Å²) in [7, 11) is 0. The van der Waals surface area contributed by atoms with Crippen molar-refractivity contribution in [3.05, 3.63) is 63.6 Å². The molecule has 2 aromatic carbocycles. The lowest BCUT2D eigenvalue weighted by Gasteiger charge is -2.31. The van der Waals surface area contributed by atoms with E-state index in [1.54, 1.807) is 36.1 Å². The zero-order chi connectivity index (χ0) is 23.0. The van der Waals surface area contributed by atoms with Crippen molar-refractivity contribution in [3.8, 4) is 5.75 Å². The molecule has 0 unspecified atom stereocenters. The first-order valence-corrected chi connectivity index (χ1v) is 11.5. The molecule has 0 fully saturated rings. The van der Waals surface area contributed by atoms with Crippen LogP contribution in [0.2, 0.25) is 5.02 Å². The van der Waals surface area contributed by atoms with Crippen molar-refractivity contribution in [1.29, 1.82) is 0 Å². The molecule has 0 saturated carbocycles. The van der Waals surface area contributed by atoms with Crippen LogP contribution in [0.25, 0.3) is 0 Å². The van der Waals surface area contributed by atoms with Gasteiger partial charge in [0.1, 0.15) is 11.8 Å². The Hall–Kier alpha value is -2.05. The predicted molar refractivity (Wildman–Crippen MR) is 128 cm³/mol. The largest absolute Gasteiger partial charge is 0.494 e. The zero-order valence-electron chi connectivity index (χ0n) is 18.5. The van der Waals surface area contributed by atoms with E-state index >= 15 is 0 Å². The Morgan fingerprint density at radius 1 is 1.16 bits per heavy atom. The van der Waals surface area contributed by atoms with E-state index in [0.717, 1.165) is 10.0 Å². The Labute approximate surface area is 198 Å². The summed E-state index contributed by atoms with van der Waals surface area (Å²) in [6.07, 6.45) is 0.832. The molecule has 5 nitrogen and oxygen atoms in total. The summed E-state index contributed by atoms with van der Waals surface area (Å²) in [5, 5.41) is 3.61. The Morgan fingerprint density at radius 2 is 1.84 bits per heavy atom. The first-order chi connectivity index (χ1) is 14.5. The van der Waals surface area contributed by atoms with Crippen molar-refractivity contribution < 1.29 is 14.3 Å². The van der Waals surface area contributed by atoms with Gasteiger partial charge in [-0.05, 0) is 76.1 Å². The molecule has 0 bridgehead atoms. The van der Waals surface area contributed by atoms with Gasteiger partial charge in [0.15, 0.2) is 0 Å². The van der Waals surface area contributed by atoms with Gasteiger partial charge in [-0.2, -0.15) is 0 Å². The number of nitrogens with one attached hydrogen (secondary N) is 1. The number of amides is 2. The molecule has 168 valence electrons. The standard InChI is InChI=1S/C24H30BrClN2O3/c1-17(23(30)27-24(2,3)4)28(16-18-7-5-8-19(25)15-18)22(29)9-6-14-31-21-12-10-20(26)11-13-21/h5,7-8,10-13,15,17H,6,9,14,16H2,1-4H3,(H,27,30)/t17-/m0/s1. The van der Waals surface area contributed by atoms with Crippen LogP contribution in [0.1, 0.15) is 46.1 Å². The van der Waals surface area contributed by atoms with Crippen molar-refractivity contribution in [2.45, 2.75) is 58.7 Å². The van der Waals surface area contributed by atoms with Crippen LogP contribution in [0.4, 0.5) is 0 Å². The maximum atomic E-state index is 13.1. The monoisotopic (exact) mass is 508 g/mol. The Bertz CT molecular complexity index is 881. The molecule has 2 aromatic rings. The number of carbonyl (C=O) groups is 2. The highest BCUT2D eigenvalue weighted by atomic mass is 79.9. The number of ether oxygens (including phenoxy) is 1. The Morgan fingerprint density at radius 3 is 2.45 bits per heavy atom. The minimum atomic E-state index is -0.595. The van der Waals surface area contributed by atoms with Gasteiger partial charge >= 0.3 is 0 Å². The quantitative estimate of drug-likeness (QED) is 0.448. The van der Waals surface area contributed by atoms with Gasteiger partial charge in [-0.3, -0.25) is 9.59 Å². The molecule has 0 spiro atoms. The van der Waals surface area contributed by atoms with Crippen LogP contribution >= 0.6 is 27.5 Å². The molecular weight excluding hydrogens is 480 g/mol. The van der Waals surface area contributed by atoms with Gasteiger partial charge in [-0.1, -0.05) is 39.7 Å². The van der Waals surface area contributed by atoms with Crippen LogP contribution in [0.5, 0.6) is 5.75 Å². The maximum absolute atomic E-state index is 13.1. The van der Waals surface area contributed by atoms with Crippen LogP contribution in [0, 0.1) is 0 Å². The number of halogens is 2. The van der Waals surface area contributed by atoms with E-state index in [2.05, 4.69) is 21.2 Å². The molecule has 31 heavy (non-hydrogen) atoms. The van der Waals surface area contributed by atoms with Crippen LogP contribution in [0.15, 0.2) is 53.0 Å². The third-order valence-electron chi connectivity index (χ3n) is 4.52. The molecular formula is C24H30BrClN2O3. The molecule has 0 saturated heterocycles. The average molecular weight is 510 g/mol. The molecule has 1 atom stereocenters. The Kier molecular flexibility index (Phi) is 9.38. The van der Waals surface area contributed by atoms with Crippen LogP contribution < -0.4 is 10.1 Å². The molecule has 7 heteroatoms. The lowest BCUT2D eigenvalue weighted by atomic mass is 10.1. The summed E-state index contributed by atoms with van der Waals surface area (Å²) in [6.45, 7) is 8.29. The fourth-order valence-electron chi connectivity index (χ4n) is 2.98. The number of nitrogens with zero attached hydrogens (tertiary/aromatic N) is 1. The van der Waals surface area contributed by atoms with Crippen molar-refractivity contribution in [1.82, 2.24) is 10.2 Å². The first kappa shape index (κ1) is 25.2. The Balaban J connectivity index is 2.02. The van der Waals surface area contributed by atoms with Gasteiger partial charge in [-0.25, -0.2) is 0 Å². The molecule has 2 amide bonds. The summed E-state index contributed by atoms with van der Waals surface area (Å²) < 4.78 is 6.62. The first-order valence-electron chi connectivity index (χ1n) is 10.3. The van der Waals surface area contributed by atoms with Gasteiger partial charge in [0.25, 0.3) is 0 Å². The third-order valence-corrected chi connectivity index (χ3v) is 5.27. The summed E-state index contributed by atoms with van der Waals surface area (Å²) in [5.41, 5.74) is 0.581. The molecule has 0 aliphatic rings. The number of carbonyl (C=O) groups excluding carboxylic acids is 2. The second-order valence-corrected chi connectivity index (χ2v) is 9.82. The van der Waals surface area contributed by atoms with Crippen molar-refractivity contribution in [2.75, 3.05) is 6.61 Å². The summed E-state index contributed by atoms with van der Waals surface area (Å²) in [6, 6.07) is 14.3. The van der Waals surface area contributed by atoms with Crippen molar-refractivity contribution in [2.24, 2.45) is 0 Å². The molecule has 0 radical (unpaired) electrons. The zero-order valence-corrected chi connectivity index (χ0v) is 20.8. The van der Waals surface area contributed by atoms with Crippen LogP contribution in [-0.4, -0.2) is 34.9 Å². The average Bonchev–Trinajstić information content (AvgIpc) is 2.69. The minimum absolute atomic E-state index is 0.0868. The second kappa shape index (κ2) is 11.5. The second-order valence-electron chi connectivity index (χ2n) is 8.47. The lowest BCUT2D eigenvalue weighted by molar-refractivity contribution is -0.141. The lowest BCUT2D eigenvalue weighted by Crippen LogP contribution is -2.52. The van der Waals surface area contributed by atoms with Gasteiger partial charge < -0.3 is 15.0 Å². The van der Waals surface area contributed by atoms with E-state index in [-0.39, 0.29) is 23.8 Å². The molecule has 2 rings (SSSR count). The fourth-order valence-corrected chi connectivity index (χ4v) is 3.55. The SMILES string of the molecule is C[C@@H](C(=O)NC(C)(C)C)N(Cc1cccc(Br)c1)C(=O)CCCOc1ccc(Cl)cc1. The number of hydrogen-bond donors (Lipinski definition) is 1. The van der Waals surface area contributed by atoms with Crippen molar-refractivity contribution >= 4 is 39.3 Å². The molecule has 0 heterocycles. The molecule has 0 aliphatic carbocycles. The third kappa shape index (κ3) is 8.91. The van der Waals surface area contributed by atoms with E-state index in [9.17, 15) is 9.59 Å². The van der Waals surface area contributed by atoms with E-state index in [1.807, 2.05) is 45.0 Å². The van der Waals surface area contributed by atoms with Gasteiger partial charge in [-0.15, -0.1) is 0 Å². The van der Waals surface area contributed by atoms with E-state index in [1.165, 1.54) is 0 Å². The number of rotatable bonds is 9. The normalized spacial score (nSPS) is 12.2. The van der Waals surface area contributed by atoms with Crippen molar-refractivity contribution in [3.63, 3.8) is 0 Å². The number of benzene rings is 2. The van der Waals surface area contributed by atoms with Crippen LogP contribution in [-0.2, 0) is 16.1 Å². The van der Waals surface area contributed by atoms with E-state index in [4.69, 9.17) is 16.3 Å². The summed E-state index contributed by atoms with van der Waals surface area (Å²) >= 11 is 9.34. The van der Waals surface area contributed by atoms with Crippen LogP contribution in [0.3, 0.4) is 0 Å². The fraction of sp³-hybridized carbons (Fsp3) is 0.417. The topological polar surface area (TPSA) is 58.6 Å². The summed E-state index contributed by atoms with van der Waals surface area (Å²) in [4.78, 5) is 27.4. The van der Waals surface area contributed by atoms with Gasteiger partial charge in [0, 0.05) is 28.0 Å². The maximum Gasteiger partial charge on any atom is 0.242 e. The highest BCUT2D eigenvalue weighted by molar-refractivity contribution is 9.10. The highest BCUT2D eigenvalue weighted by Crippen LogP contribution is 2.18. The van der Waals surface area contributed by atoms with Gasteiger partial charge in [0.2, 0.25) is 11.8 Å². The molecule has 0 aliphatic heterocycles. The predicted octanol–water partition coefficient (Wildman–Crippen LogP) is 5.59. The van der Waals surface area contributed by atoms with E-state index < -0.39 is 6.04 Å². The van der Waals surface area contributed by atoms with E-state index in [0.29, 0.717) is 30.3 Å². The molecule has 1 N–H and O–H groups in total. The smallest absolute Gasteiger partial charge is 0.242 e. The minimum Gasteiger partial charge on any atom is -0.494 e. The van der Waals surface area contributed by atoms with Gasteiger partial charge in [0.05, 0.1) is 6.61 Å².